The molecule has 0 radical (unpaired) electrons. The van der Waals surface area contributed by atoms with Crippen LogP contribution in [0, 0.1) is 6.92 Å². The predicted molar refractivity (Wildman–Crippen MR) is 158 cm³/mol. The summed E-state index contributed by atoms with van der Waals surface area (Å²) in [6, 6.07) is 10.6. The minimum absolute atomic E-state index is 0.304. The molecule has 1 N–H and O–H groups in total. The van der Waals surface area contributed by atoms with Crippen LogP contribution in [0.1, 0.15) is 49.8 Å². The lowest BCUT2D eigenvalue weighted by atomic mass is 10.00. The highest BCUT2D eigenvalue weighted by Crippen LogP contribution is 2.27. The number of likely N-dealkylation sites (tertiary alicyclic amines) is 1. The van der Waals surface area contributed by atoms with Crippen LogP contribution < -0.4 is 4.90 Å². The molecule has 0 atom stereocenters. The van der Waals surface area contributed by atoms with E-state index in [1.807, 2.05) is 50.4 Å². The molecular formula is C31H41FN4OS. The summed E-state index contributed by atoms with van der Waals surface area (Å²) in [6.07, 6.45) is 8.60. The highest BCUT2D eigenvalue weighted by atomic mass is 32.2. The first-order valence-corrected chi connectivity index (χ1v) is 14.4. The maximum atomic E-state index is 12.7. The van der Waals surface area contributed by atoms with Gasteiger partial charge >= 0.3 is 0 Å². The number of piperidine rings is 1. The van der Waals surface area contributed by atoms with Crippen LogP contribution in [0.4, 0.5) is 9.70 Å². The number of allylic oxidation sites excluding steroid dienone is 5. The van der Waals surface area contributed by atoms with E-state index in [2.05, 4.69) is 34.3 Å². The standard InChI is InChI=1S/C31H41FN4OS/c1-5-29(37)9-6-23(2)25(4)27-20-24(3)31(33-21-27)36-18-16-35(17-19-36)28-12-14-34(15-13-28)22-26-7-10-30(38-32)11-8-26/h6-11,20-21,28,37H,4-5,12-19,22H2,1-3H3/b23-6+,29-9+. The summed E-state index contributed by atoms with van der Waals surface area (Å²) in [4.78, 5) is 13.1. The summed E-state index contributed by atoms with van der Waals surface area (Å²) in [6.45, 7) is 17.6. The third-order valence-electron chi connectivity index (χ3n) is 7.87. The molecule has 0 spiro atoms. The second-order valence-corrected chi connectivity index (χ2v) is 11.1. The van der Waals surface area contributed by atoms with Crippen molar-refractivity contribution < 1.29 is 8.99 Å². The van der Waals surface area contributed by atoms with Crippen LogP contribution in [0.15, 0.2) is 71.5 Å². The molecule has 4 rings (SSSR count). The SMILES string of the molecule is C=C(/C(C)=C/C=C(/O)CC)c1cnc(N2CCN(C3CCN(Cc4ccc(SF)cc4)CC3)CC2)c(C)c1. The zero-order chi connectivity index (χ0) is 27.1. The molecule has 0 saturated carbocycles. The van der Waals surface area contributed by atoms with Crippen LogP contribution >= 0.6 is 12.1 Å². The lowest BCUT2D eigenvalue weighted by Crippen LogP contribution is -2.53. The number of anilines is 1. The number of benzene rings is 1. The molecule has 0 unspecified atom stereocenters. The van der Waals surface area contributed by atoms with Gasteiger partial charge in [-0.15, -0.1) is 0 Å². The Balaban J connectivity index is 1.26. The number of aromatic nitrogens is 1. The van der Waals surface area contributed by atoms with Crippen molar-refractivity contribution in [2.75, 3.05) is 44.2 Å². The number of aliphatic hydroxyl groups is 1. The summed E-state index contributed by atoms with van der Waals surface area (Å²) in [5, 5.41) is 9.72. The van der Waals surface area contributed by atoms with Crippen LogP contribution in [-0.4, -0.2) is 65.2 Å². The Kier molecular flexibility index (Phi) is 10.1. The van der Waals surface area contributed by atoms with Gasteiger partial charge in [-0.2, -0.15) is 3.89 Å². The van der Waals surface area contributed by atoms with Crippen LogP contribution in [0.25, 0.3) is 5.57 Å². The normalized spacial score (nSPS) is 18.7. The van der Waals surface area contributed by atoms with Gasteiger partial charge in [0, 0.05) is 61.8 Å². The van der Waals surface area contributed by atoms with E-state index in [4.69, 9.17) is 4.98 Å². The molecule has 2 fully saturated rings. The Morgan fingerprint density at radius 3 is 2.39 bits per heavy atom. The fourth-order valence-electron chi connectivity index (χ4n) is 5.38. The van der Waals surface area contributed by atoms with Gasteiger partial charge in [-0.3, -0.25) is 9.80 Å². The van der Waals surface area contributed by atoms with Crippen molar-refractivity contribution in [1.29, 1.82) is 0 Å². The van der Waals surface area contributed by atoms with E-state index in [-0.39, 0.29) is 0 Å². The van der Waals surface area contributed by atoms with E-state index in [9.17, 15) is 8.99 Å². The number of hydrogen-bond acceptors (Lipinski definition) is 6. The molecule has 0 bridgehead atoms. The average molecular weight is 537 g/mol. The fraction of sp³-hybridized carbons (Fsp3) is 0.452. The minimum Gasteiger partial charge on any atom is -0.512 e. The first-order chi connectivity index (χ1) is 18.4. The zero-order valence-electron chi connectivity index (χ0n) is 23.0. The number of aryl methyl sites for hydroxylation is 1. The maximum absolute atomic E-state index is 12.7. The third-order valence-corrected chi connectivity index (χ3v) is 8.32. The Hall–Kier alpha value is -2.61. The molecule has 1 aromatic carbocycles. The maximum Gasteiger partial charge on any atom is 0.131 e. The van der Waals surface area contributed by atoms with Crippen LogP contribution in [-0.2, 0) is 6.54 Å². The highest BCUT2D eigenvalue weighted by Gasteiger charge is 2.28. The molecule has 2 aliphatic rings. The fourth-order valence-corrected chi connectivity index (χ4v) is 5.62. The Labute approximate surface area is 232 Å². The van der Waals surface area contributed by atoms with Gasteiger partial charge in [0.15, 0.2) is 0 Å². The third kappa shape index (κ3) is 7.28. The molecule has 2 aliphatic heterocycles. The number of pyridine rings is 1. The monoisotopic (exact) mass is 536 g/mol. The van der Waals surface area contributed by atoms with E-state index in [0.29, 0.717) is 35.3 Å². The molecule has 38 heavy (non-hydrogen) atoms. The number of aliphatic hydroxyl groups excluding tert-OH is 1. The van der Waals surface area contributed by atoms with Gasteiger partial charge in [0.25, 0.3) is 0 Å². The van der Waals surface area contributed by atoms with Gasteiger partial charge in [-0.1, -0.05) is 31.7 Å². The van der Waals surface area contributed by atoms with E-state index in [1.54, 1.807) is 6.08 Å². The number of nitrogens with zero attached hydrogens (tertiary/aromatic N) is 4. The van der Waals surface area contributed by atoms with Crippen molar-refractivity contribution in [2.45, 2.75) is 57.5 Å². The van der Waals surface area contributed by atoms with Gasteiger partial charge in [0.05, 0.1) is 17.9 Å². The molecule has 2 saturated heterocycles. The number of hydrogen-bond donors (Lipinski definition) is 1. The van der Waals surface area contributed by atoms with Crippen molar-refractivity contribution in [3.63, 3.8) is 0 Å². The number of piperazine rings is 1. The Morgan fingerprint density at radius 2 is 1.79 bits per heavy atom. The molecule has 0 aliphatic carbocycles. The van der Waals surface area contributed by atoms with E-state index in [0.717, 1.165) is 68.3 Å². The Bertz CT molecular complexity index is 1150. The van der Waals surface area contributed by atoms with Gasteiger partial charge in [0.1, 0.15) is 5.82 Å². The van der Waals surface area contributed by atoms with Crippen LogP contribution in [0.3, 0.4) is 0 Å². The summed E-state index contributed by atoms with van der Waals surface area (Å²) in [5.74, 6) is 1.44. The molecule has 204 valence electrons. The second-order valence-electron chi connectivity index (χ2n) is 10.5. The molecule has 5 nitrogen and oxygen atoms in total. The van der Waals surface area contributed by atoms with Crippen LogP contribution in [0.5, 0.6) is 0 Å². The van der Waals surface area contributed by atoms with Crippen molar-refractivity contribution in [1.82, 2.24) is 14.8 Å². The van der Waals surface area contributed by atoms with Gasteiger partial charge in [-0.05, 0) is 86.3 Å². The number of halogens is 1. The van der Waals surface area contributed by atoms with Crippen molar-refractivity contribution in [2.24, 2.45) is 0 Å². The summed E-state index contributed by atoms with van der Waals surface area (Å²) >= 11 is 0.304. The zero-order valence-corrected chi connectivity index (χ0v) is 23.8. The number of rotatable bonds is 9. The average Bonchev–Trinajstić information content (AvgIpc) is 2.96. The smallest absolute Gasteiger partial charge is 0.131 e. The largest absolute Gasteiger partial charge is 0.512 e. The van der Waals surface area contributed by atoms with Crippen molar-refractivity contribution in [3.05, 3.63) is 83.3 Å². The molecule has 2 aromatic rings. The van der Waals surface area contributed by atoms with Gasteiger partial charge < -0.3 is 10.0 Å². The van der Waals surface area contributed by atoms with E-state index < -0.39 is 0 Å². The summed E-state index contributed by atoms with van der Waals surface area (Å²) < 4.78 is 12.7. The molecule has 1 aromatic heterocycles. The lowest BCUT2D eigenvalue weighted by molar-refractivity contribution is 0.0997. The predicted octanol–water partition coefficient (Wildman–Crippen LogP) is 6.96. The van der Waals surface area contributed by atoms with E-state index >= 15 is 0 Å². The topological polar surface area (TPSA) is 42.8 Å². The van der Waals surface area contributed by atoms with Crippen molar-refractivity contribution >= 4 is 23.5 Å². The molecule has 0 amide bonds. The molecule has 7 heteroatoms. The van der Waals surface area contributed by atoms with E-state index in [1.165, 1.54) is 24.0 Å². The van der Waals surface area contributed by atoms with Gasteiger partial charge in [-0.25, -0.2) is 4.98 Å². The van der Waals surface area contributed by atoms with Crippen LogP contribution in [0.2, 0.25) is 0 Å². The molecular weight excluding hydrogens is 495 g/mol. The highest BCUT2D eigenvalue weighted by molar-refractivity contribution is 7.94. The summed E-state index contributed by atoms with van der Waals surface area (Å²) in [7, 11) is 0. The summed E-state index contributed by atoms with van der Waals surface area (Å²) in [5.41, 5.74) is 5.40. The quantitative estimate of drug-likeness (QED) is 0.276. The lowest BCUT2D eigenvalue weighted by Gasteiger charge is -2.43. The first-order valence-electron chi connectivity index (χ1n) is 13.7. The van der Waals surface area contributed by atoms with Gasteiger partial charge in [0.2, 0.25) is 0 Å². The Morgan fingerprint density at radius 1 is 1.11 bits per heavy atom. The first kappa shape index (κ1) is 28.4. The molecule has 3 heterocycles. The second kappa shape index (κ2) is 13.5. The van der Waals surface area contributed by atoms with Crippen molar-refractivity contribution in [3.8, 4) is 0 Å². The minimum atomic E-state index is 0.304.